The molecule has 1 atom stereocenters. The number of benzene rings is 1. The smallest absolute Gasteiger partial charge is 0.410 e. The van der Waals surface area contributed by atoms with Gasteiger partial charge < -0.3 is 10.1 Å². The van der Waals surface area contributed by atoms with E-state index in [1.54, 1.807) is 6.07 Å². The molecule has 0 radical (unpaired) electrons. The number of oxime groups is 1. The van der Waals surface area contributed by atoms with Gasteiger partial charge in [0.05, 0.1) is 0 Å². The Morgan fingerprint density at radius 1 is 1.33 bits per heavy atom. The zero-order chi connectivity index (χ0) is 13.8. The van der Waals surface area contributed by atoms with Gasteiger partial charge in [-0.05, 0) is 0 Å². The molecular formula is C9H9F3NO4P. The van der Waals surface area contributed by atoms with Gasteiger partial charge in [0.25, 0.3) is 0 Å². The van der Waals surface area contributed by atoms with Crippen molar-refractivity contribution in [2.24, 2.45) is 5.16 Å². The highest BCUT2D eigenvalue weighted by molar-refractivity contribution is 7.72. The molecule has 0 aliphatic carbocycles. The second kappa shape index (κ2) is 5.51. The molecule has 0 bridgehead atoms. The maximum Gasteiger partial charge on any atom is 0.412 e. The summed E-state index contributed by atoms with van der Waals surface area (Å²) >= 11 is 0. The molecule has 1 unspecified atom stereocenters. The van der Waals surface area contributed by atoms with Crippen molar-refractivity contribution >= 4 is 13.0 Å². The highest BCUT2D eigenvalue weighted by Crippen LogP contribution is 2.47. The van der Waals surface area contributed by atoms with E-state index in [4.69, 9.17) is 5.21 Å². The average Bonchev–Trinajstić information content (AvgIpc) is 2.28. The van der Waals surface area contributed by atoms with E-state index in [-0.39, 0.29) is 5.56 Å². The lowest BCUT2D eigenvalue weighted by atomic mass is 10.2. The van der Waals surface area contributed by atoms with Crippen LogP contribution in [-0.4, -0.2) is 28.3 Å². The summed E-state index contributed by atoms with van der Waals surface area (Å²) in [7, 11) is -4.84. The fraction of sp³-hybridized carbons (Fsp3) is 0.222. The lowest BCUT2D eigenvalue weighted by Gasteiger charge is -2.14. The van der Waals surface area contributed by atoms with Gasteiger partial charge >= 0.3 is 13.8 Å². The average molecular weight is 283 g/mol. The minimum absolute atomic E-state index is 0.00647. The summed E-state index contributed by atoms with van der Waals surface area (Å²) in [5.41, 5.74) is -0.847. The van der Waals surface area contributed by atoms with Gasteiger partial charge in [0.2, 0.25) is 0 Å². The van der Waals surface area contributed by atoms with Crippen molar-refractivity contribution in [3.63, 3.8) is 0 Å². The number of halogens is 3. The third kappa shape index (κ3) is 4.14. The van der Waals surface area contributed by atoms with Crippen molar-refractivity contribution in [3.05, 3.63) is 35.9 Å². The normalized spacial score (nSPS) is 16.3. The molecule has 0 aliphatic heterocycles. The van der Waals surface area contributed by atoms with Crippen LogP contribution < -0.4 is 0 Å². The van der Waals surface area contributed by atoms with Gasteiger partial charge in [0, 0.05) is 5.56 Å². The van der Waals surface area contributed by atoms with E-state index >= 15 is 0 Å². The summed E-state index contributed by atoms with van der Waals surface area (Å²) in [5, 5.41) is 11.2. The van der Waals surface area contributed by atoms with Crippen LogP contribution in [0.3, 0.4) is 0 Å². The molecular weight excluding hydrogens is 274 g/mol. The van der Waals surface area contributed by atoms with Crippen LogP contribution in [-0.2, 0) is 9.09 Å². The molecule has 1 aromatic carbocycles. The van der Waals surface area contributed by atoms with Gasteiger partial charge in [-0.3, -0.25) is 9.09 Å². The van der Waals surface area contributed by atoms with Crippen LogP contribution in [0, 0.1) is 0 Å². The number of nitrogens with zero attached hydrogens (tertiary/aromatic N) is 1. The van der Waals surface area contributed by atoms with Crippen molar-refractivity contribution in [2.45, 2.75) is 6.18 Å². The molecule has 9 heteroatoms. The first kappa shape index (κ1) is 14.7. The maximum absolute atomic E-state index is 11.9. The highest BCUT2D eigenvalue weighted by Gasteiger charge is 2.37. The van der Waals surface area contributed by atoms with Gasteiger partial charge in [-0.2, -0.15) is 13.2 Å². The monoisotopic (exact) mass is 283 g/mol. The molecule has 0 saturated heterocycles. The highest BCUT2D eigenvalue weighted by atomic mass is 31.2. The Labute approximate surface area is 100 Å². The van der Waals surface area contributed by atoms with Crippen molar-refractivity contribution in [2.75, 3.05) is 6.61 Å². The molecule has 1 rings (SSSR count). The first-order chi connectivity index (χ1) is 8.26. The third-order valence-corrected chi connectivity index (χ3v) is 3.16. The molecule has 5 nitrogen and oxygen atoms in total. The summed E-state index contributed by atoms with van der Waals surface area (Å²) in [6.45, 7) is -1.91. The third-order valence-electron chi connectivity index (χ3n) is 1.80. The van der Waals surface area contributed by atoms with Crippen molar-refractivity contribution in [1.82, 2.24) is 0 Å². The fourth-order valence-electron chi connectivity index (χ4n) is 1.09. The molecule has 1 aromatic rings. The van der Waals surface area contributed by atoms with Gasteiger partial charge in [0.1, 0.15) is 0 Å². The summed E-state index contributed by atoms with van der Waals surface area (Å²) < 4.78 is 51.1. The minimum Gasteiger partial charge on any atom is -0.410 e. The minimum atomic E-state index is -4.84. The Morgan fingerprint density at radius 3 is 2.33 bits per heavy atom. The topological polar surface area (TPSA) is 79.1 Å². The summed E-state index contributed by atoms with van der Waals surface area (Å²) in [6.07, 6.45) is -4.75. The van der Waals surface area contributed by atoms with Gasteiger partial charge in [-0.1, -0.05) is 35.5 Å². The van der Waals surface area contributed by atoms with Crippen LogP contribution in [0.1, 0.15) is 5.56 Å². The zero-order valence-electron chi connectivity index (χ0n) is 8.83. The summed E-state index contributed by atoms with van der Waals surface area (Å²) in [4.78, 5) is 9.33. The van der Waals surface area contributed by atoms with E-state index in [1.807, 2.05) is 0 Å². The Hall–Kier alpha value is -1.37. The number of hydrogen-bond donors (Lipinski definition) is 2. The predicted molar refractivity (Wildman–Crippen MR) is 56.6 cm³/mol. The van der Waals surface area contributed by atoms with Gasteiger partial charge in [0.15, 0.2) is 12.1 Å². The van der Waals surface area contributed by atoms with E-state index in [2.05, 4.69) is 9.68 Å². The molecule has 18 heavy (non-hydrogen) atoms. The van der Waals surface area contributed by atoms with Crippen LogP contribution in [0.5, 0.6) is 0 Å². The van der Waals surface area contributed by atoms with Crippen molar-refractivity contribution in [3.8, 4) is 0 Å². The Balaban J connectivity index is 2.93. The Bertz CT molecular complexity index is 474. The Morgan fingerprint density at radius 2 is 1.89 bits per heavy atom. The molecule has 0 spiro atoms. The Kier molecular flexibility index (Phi) is 4.50. The van der Waals surface area contributed by atoms with E-state index in [1.165, 1.54) is 24.3 Å². The molecule has 0 amide bonds. The maximum atomic E-state index is 11.9. The lowest BCUT2D eigenvalue weighted by molar-refractivity contribution is -0.154. The second-order valence-electron chi connectivity index (χ2n) is 3.20. The second-order valence-corrected chi connectivity index (χ2v) is 4.92. The molecule has 0 saturated carbocycles. The molecule has 0 heterocycles. The van der Waals surface area contributed by atoms with Crippen LogP contribution in [0.2, 0.25) is 0 Å². The quantitative estimate of drug-likeness (QED) is 0.385. The van der Waals surface area contributed by atoms with Crippen LogP contribution in [0.4, 0.5) is 13.2 Å². The number of alkyl halides is 3. The molecule has 0 aliphatic rings. The lowest BCUT2D eigenvalue weighted by Crippen LogP contribution is -2.18. The largest absolute Gasteiger partial charge is 0.412 e. The summed E-state index contributed by atoms with van der Waals surface area (Å²) in [6, 6.07) is 7.11. The zero-order valence-corrected chi connectivity index (χ0v) is 9.73. The number of rotatable bonds is 4. The summed E-state index contributed by atoms with van der Waals surface area (Å²) in [5.74, 6) is 0. The standard InChI is InChI=1S/C9H9F3NO4P/c10-9(11,12)6-17-18(15,16)8(13-14)7-4-2-1-3-5-7/h1-5,14H,6H2,(H,15,16)/b13-8-. The predicted octanol–water partition coefficient (Wildman–Crippen LogP) is 2.59. The van der Waals surface area contributed by atoms with E-state index < -0.39 is 25.8 Å². The molecule has 0 fully saturated rings. The molecule has 2 N–H and O–H groups in total. The van der Waals surface area contributed by atoms with Gasteiger partial charge in [-0.15, -0.1) is 0 Å². The first-order valence-corrected chi connectivity index (χ1v) is 6.16. The van der Waals surface area contributed by atoms with Crippen molar-refractivity contribution in [1.29, 1.82) is 0 Å². The van der Waals surface area contributed by atoms with Crippen LogP contribution in [0.25, 0.3) is 0 Å². The van der Waals surface area contributed by atoms with E-state index in [0.717, 1.165) is 0 Å². The van der Waals surface area contributed by atoms with E-state index in [0.29, 0.717) is 0 Å². The molecule has 0 aromatic heterocycles. The van der Waals surface area contributed by atoms with Gasteiger partial charge in [-0.25, -0.2) is 0 Å². The van der Waals surface area contributed by atoms with Crippen molar-refractivity contribution < 1.29 is 32.4 Å². The fourth-order valence-corrected chi connectivity index (χ4v) is 2.12. The van der Waals surface area contributed by atoms with E-state index in [9.17, 15) is 22.6 Å². The number of hydrogen-bond acceptors (Lipinski definition) is 4. The SMILES string of the molecule is O=P(O)(OCC(F)(F)F)/C(=N\O)c1ccccc1. The molecule has 100 valence electrons. The first-order valence-electron chi connectivity index (χ1n) is 4.58. The van der Waals surface area contributed by atoms with Crippen LogP contribution in [0.15, 0.2) is 35.5 Å². The van der Waals surface area contributed by atoms with Crippen LogP contribution >= 0.6 is 7.60 Å².